The highest BCUT2D eigenvalue weighted by Crippen LogP contribution is 2.49. The Kier molecular flexibility index (Phi) is 4.47. The minimum Gasteiger partial charge on any atom is -0.274 e. The Morgan fingerprint density at radius 3 is 2.41 bits per heavy atom. The number of hydrogen-bond donors (Lipinski definition) is 1. The van der Waals surface area contributed by atoms with Crippen molar-refractivity contribution in [2.75, 3.05) is 6.54 Å². The highest BCUT2D eigenvalue weighted by atomic mass is 32.2. The molecule has 0 radical (unpaired) electrons. The maximum Gasteiger partial charge on any atom is 0.304 e. The number of nitrogens with zero attached hydrogens (tertiary/aromatic N) is 1. The van der Waals surface area contributed by atoms with Gasteiger partial charge in [-0.3, -0.25) is 4.79 Å². The molecule has 5 nitrogen and oxygen atoms in total. The first kappa shape index (κ1) is 18.1. The molecule has 0 bridgehead atoms. The standard InChI is InChI=1S/C19H18F2N2O3S/c20-16-6-3-7-17(21)18(16)14-10-15(14)19(24)22-27(25,26)23-9-8-12-4-1-2-5-13(12)11-23/h1-7,14-15H,8-11H2,(H,22,24)/t14-,15+/m1/s1. The lowest BCUT2D eigenvalue weighted by molar-refractivity contribution is -0.120. The number of amides is 1. The fourth-order valence-corrected chi connectivity index (χ4v) is 4.79. The van der Waals surface area contributed by atoms with Crippen LogP contribution in [0.5, 0.6) is 0 Å². The largest absolute Gasteiger partial charge is 0.304 e. The van der Waals surface area contributed by atoms with Crippen LogP contribution in [-0.4, -0.2) is 25.2 Å². The van der Waals surface area contributed by atoms with Gasteiger partial charge in [-0.2, -0.15) is 12.7 Å². The zero-order valence-electron chi connectivity index (χ0n) is 14.4. The van der Waals surface area contributed by atoms with Crippen LogP contribution in [0.3, 0.4) is 0 Å². The van der Waals surface area contributed by atoms with Gasteiger partial charge in [0.15, 0.2) is 0 Å². The lowest BCUT2D eigenvalue weighted by atomic mass is 10.0. The van der Waals surface area contributed by atoms with Crippen molar-refractivity contribution in [3.05, 3.63) is 70.8 Å². The monoisotopic (exact) mass is 392 g/mol. The minimum absolute atomic E-state index is 0.151. The summed E-state index contributed by atoms with van der Waals surface area (Å²) in [5, 5.41) is 0. The number of benzene rings is 2. The van der Waals surface area contributed by atoms with Crippen LogP contribution in [0.25, 0.3) is 0 Å². The first-order valence-corrected chi connectivity index (χ1v) is 10.1. The van der Waals surface area contributed by atoms with Crippen LogP contribution in [0, 0.1) is 17.6 Å². The van der Waals surface area contributed by atoms with E-state index in [0.29, 0.717) is 6.42 Å². The molecule has 0 spiro atoms. The smallest absolute Gasteiger partial charge is 0.274 e. The Balaban J connectivity index is 1.44. The Morgan fingerprint density at radius 2 is 1.70 bits per heavy atom. The van der Waals surface area contributed by atoms with Gasteiger partial charge in [-0.1, -0.05) is 30.3 Å². The molecule has 1 aliphatic heterocycles. The highest BCUT2D eigenvalue weighted by molar-refractivity contribution is 7.87. The van der Waals surface area contributed by atoms with Gasteiger partial charge in [0.25, 0.3) is 0 Å². The molecule has 1 heterocycles. The van der Waals surface area contributed by atoms with E-state index in [1.165, 1.54) is 10.4 Å². The SMILES string of the molecule is O=C(NS(=O)(=O)N1CCc2ccccc2C1)[C@H]1C[C@H]1c1c(F)cccc1F. The summed E-state index contributed by atoms with van der Waals surface area (Å²) in [4.78, 5) is 12.4. The van der Waals surface area contributed by atoms with E-state index in [-0.39, 0.29) is 25.1 Å². The molecule has 0 saturated heterocycles. The number of fused-ring (bicyclic) bond motifs is 1. The van der Waals surface area contributed by atoms with E-state index in [9.17, 15) is 22.0 Å². The second-order valence-electron chi connectivity index (χ2n) is 6.91. The van der Waals surface area contributed by atoms with Crippen LogP contribution in [0.15, 0.2) is 42.5 Å². The summed E-state index contributed by atoms with van der Waals surface area (Å²) in [6.45, 7) is 0.463. The Morgan fingerprint density at radius 1 is 1.04 bits per heavy atom. The van der Waals surface area contributed by atoms with Crippen molar-refractivity contribution in [1.82, 2.24) is 9.03 Å². The molecule has 142 valence electrons. The average molecular weight is 392 g/mol. The predicted molar refractivity (Wildman–Crippen MR) is 94.8 cm³/mol. The summed E-state index contributed by atoms with van der Waals surface area (Å²) < 4.78 is 56.1. The predicted octanol–water partition coefficient (Wildman–Crippen LogP) is 2.49. The van der Waals surface area contributed by atoms with Crippen molar-refractivity contribution < 1.29 is 22.0 Å². The summed E-state index contributed by atoms with van der Waals surface area (Å²) in [5.41, 5.74) is 1.84. The first-order valence-electron chi connectivity index (χ1n) is 8.69. The van der Waals surface area contributed by atoms with E-state index in [1.54, 1.807) is 0 Å². The molecule has 2 atom stereocenters. The van der Waals surface area contributed by atoms with E-state index in [1.807, 2.05) is 24.3 Å². The normalized spacial score (nSPS) is 22.1. The summed E-state index contributed by atoms with van der Waals surface area (Å²) in [7, 11) is -4.01. The van der Waals surface area contributed by atoms with Crippen LogP contribution in [0.4, 0.5) is 8.78 Å². The number of nitrogens with one attached hydrogen (secondary N) is 1. The molecule has 1 saturated carbocycles. The maximum absolute atomic E-state index is 13.8. The summed E-state index contributed by atoms with van der Waals surface area (Å²) in [5.74, 6) is -3.54. The summed E-state index contributed by atoms with van der Waals surface area (Å²) in [6, 6.07) is 11.1. The molecule has 1 fully saturated rings. The highest BCUT2D eigenvalue weighted by Gasteiger charge is 2.48. The van der Waals surface area contributed by atoms with Crippen molar-refractivity contribution >= 4 is 16.1 Å². The Labute approximate surface area is 156 Å². The molecule has 0 unspecified atom stereocenters. The van der Waals surface area contributed by atoms with E-state index < -0.39 is 39.6 Å². The van der Waals surface area contributed by atoms with Crippen molar-refractivity contribution in [3.63, 3.8) is 0 Å². The van der Waals surface area contributed by atoms with Crippen LogP contribution in [-0.2, 0) is 28.0 Å². The molecule has 2 aliphatic rings. The summed E-state index contributed by atoms with van der Waals surface area (Å²) in [6.07, 6.45) is 0.791. The molecule has 8 heteroatoms. The van der Waals surface area contributed by atoms with Crippen molar-refractivity contribution in [2.24, 2.45) is 5.92 Å². The lowest BCUT2D eigenvalue weighted by Gasteiger charge is -2.27. The fraction of sp³-hybridized carbons (Fsp3) is 0.316. The third-order valence-corrected chi connectivity index (χ3v) is 6.61. The van der Waals surface area contributed by atoms with Gasteiger partial charge in [-0.25, -0.2) is 13.5 Å². The van der Waals surface area contributed by atoms with Gasteiger partial charge in [-0.15, -0.1) is 0 Å². The van der Waals surface area contributed by atoms with E-state index in [0.717, 1.165) is 23.3 Å². The Hall–Kier alpha value is -2.32. The molecule has 1 amide bonds. The lowest BCUT2D eigenvalue weighted by Crippen LogP contribution is -2.46. The van der Waals surface area contributed by atoms with Gasteiger partial charge in [0.05, 0.1) is 0 Å². The zero-order chi connectivity index (χ0) is 19.2. The average Bonchev–Trinajstić information content (AvgIpc) is 3.41. The fourth-order valence-electron chi connectivity index (χ4n) is 3.61. The molecule has 2 aromatic rings. The van der Waals surface area contributed by atoms with Crippen molar-refractivity contribution in [3.8, 4) is 0 Å². The van der Waals surface area contributed by atoms with Crippen LogP contribution in [0.2, 0.25) is 0 Å². The van der Waals surface area contributed by atoms with Gasteiger partial charge in [0.1, 0.15) is 11.6 Å². The molecule has 1 N–H and O–H groups in total. The molecular formula is C19H18F2N2O3S. The minimum atomic E-state index is -4.01. The maximum atomic E-state index is 13.8. The van der Waals surface area contributed by atoms with Crippen LogP contribution >= 0.6 is 0 Å². The van der Waals surface area contributed by atoms with Crippen molar-refractivity contribution in [2.45, 2.75) is 25.3 Å². The molecule has 1 aliphatic carbocycles. The molecule has 27 heavy (non-hydrogen) atoms. The number of hydrogen-bond acceptors (Lipinski definition) is 3. The third-order valence-electron chi connectivity index (χ3n) is 5.16. The van der Waals surface area contributed by atoms with Crippen molar-refractivity contribution in [1.29, 1.82) is 0 Å². The summed E-state index contributed by atoms with van der Waals surface area (Å²) >= 11 is 0. The number of rotatable bonds is 4. The van der Waals surface area contributed by atoms with Gasteiger partial charge in [-0.05, 0) is 36.1 Å². The molecule has 4 rings (SSSR count). The van der Waals surface area contributed by atoms with Crippen LogP contribution < -0.4 is 4.72 Å². The second kappa shape index (κ2) is 6.69. The van der Waals surface area contributed by atoms with E-state index >= 15 is 0 Å². The van der Waals surface area contributed by atoms with Crippen LogP contribution in [0.1, 0.15) is 29.0 Å². The number of carbonyl (C=O) groups excluding carboxylic acids is 1. The zero-order valence-corrected chi connectivity index (χ0v) is 15.2. The first-order chi connectivity index (χ1) is 12.9. The number of halogens is 2. The van der Waals surface area contributed by atoms with Gasteiger partial charge in [0, 0.05) is 30.5 Å². The molecule has 2 aromatic carbocycles. The van der Waals surface area contributed by atoms with Gasteiger partial charge in [0.2, 0.25) is 5.91 Å². The third kappa shape index (κ3) is 3.46. The van der Waals surface area contributed by atoms with E-state index in [2.05, 4.69) is 4.72 Å². The quantitative estimate of drug-likeness (QED) is 0.869. The number of carbonyl (C=O) groups is 1. The van der Waals surface area contributed by atoms with E-state index in [4.69, 9.17) is 0 Å². The molecule has 0 aromatic heterocycles. The van der Waals surface area contributed by atoms with Gasteiger partial charge >= 0.3 is 10.2 Å². The van der Waals surface area contributed by atoms with Gasteiger partial charge < -0.3 is 0 Å². The Bertz CT molecular complexity index is 990. The topological polar surface area (TPSA) is 66.5 Å². The molecular weight excluding hydrogens is 374 g/mol. The second-order valence-corrected chi connectivity index (χ2v) is 8.58.